The van der Waals surface area contributed by atoms with Crippen molar-refractivity contribution in [1.82, 2.24) is 14.5 Å². The Hall–Kier alpha value is -3.54. The monoisotopic (exact) mass is 346 g/mol. The summed E-state index contributed by atoms with van der Waals surface area (Å²) < 4.78 is 15.1. The van der Waals surface area contributed by atoms with Gasteiger partial charge in [0.05, 0.1) is 16.6 Å². The summed E-state index contributed by atoms with van der Waals surface area (Å²) in [7, 11) is 0. The van der Waals surface area contributed by atoms with Gasteiger partial charge < -0.3 is 5.32 Å². The van der Waals surface area contributed by atoms with E-state index in [1.54, 1.807) is 18.3 Å². The van der Waals surface area contributed by atoms with Crippen molar-refractivity contribution in [1.29, 1.82) is 0 Å². The maximum Gasteiger partial charge on any atom is 0.267 e. The largest absolute Gasteiger partial charge is 0.310 e. The number of halogens is 1. The number of hydrogen-bond donors (Lipinski definition) is 1. The number of nitrogens with zero attached hydrogens (tertiary/aromatic N) is 3. The van der Waals surface area contributed by atoms with Crippen LogP contribution in [-0.2, 0) is 0 Å². The van der Waals surface area contributed by atoms with Gasteiger partial charge >= 0.3 is 0 Å². The van der Waals surface area contributed by atoms with Crippen LogP contribution in [0.4, 0.5) is 16.2 Å². The number of pyridine rings is 1. The second kappa shape index (κ2) is 6.40. The molecule has 1 N–H and O–H groups in total. The Morgan fingerprint density at radius 3 is 2.62 bits per heavy atom. The lowest BCUT2D eigenvalue weighted by atomic mass is 10.2. The first-order valence-electron chi connectivity index (χ1n) is 8.10. The number of nitrogens with one attached hydrogen (secondary N) is 1. The molecule has 2 aromatic carbocycles. The van der Waals surface area contributed by atoms with Crippen LogP contribution < -0.4 is 10.9 Å². The third kappa shape index (κ3) is 2.82. The molecule has 0 radical (unpaired) electrons. The number of para-hydroxylation sites is 1. The van der Waals surface area contributed by atoms with Crippen LogP contribution in [0.2, 0.25) is 0 Å². The van der Waals surface area contributed by atoms with Gasteiger partial charge in [0.15, 0.2) is 0 Å². The second-order valence-corrected chi connectivity index (χ2v) is 5.87. The van der Waals surface area contributed by atoms with E-state index in [1.807, 2.05) is 37.3 Å². The fourth-order valence-corrected chi connectivity index (χ4v) is 2.78. The first kappa shape index (κ1) is 16.0. The van der Waals surface area contributed by atoms with Gasteiger partial charge in [-0.15, -0.1) is 0 Å². The molecule has 0 unspecified atom stereocenters. The fourth-order valence-electron chi connectivity index (χ4n) is 2.78. The summed E-state index contributed by atoms with van der Waals surface area (Å²) >= 11 is 0. The first-order chi connectivity index (χ1) is 12.6. The van der Waals surface area contributed by atoms with E-state index in [9.17, 15) is 9.18 Å². The summed E-state index contributed by atoms with van der Waals surface area (Å²) in [5.74, 6) is 0.449. The highest BCUT2D eigenvalue weighted by atomic mass is 19.1. The van der Waals surface area contributed by atoms with Crippen LogP contribution >= 0.6 is 0 Å². The van der Waals surface area contributed by atoms with Gasteiger partial charge in [0.1, 0.15) is 11.6 Å². The van der Waals surface area contributed by atoms with Gasteiger partial charge in [0, 0.05) is 6.20 Å². The maximum absolute atomic E-state index is 13.6. The molecule has 6 heteroatoms. The van der Waals surface area contributed by atoms with Crippen molar-refractivity contribution < 1.29 is 4.39 Å². The van der Waals surface area contributed by atoms with Crippen LogP contribution in [-0.4, -0.2) is 14.5 Å². The number of aromatic nitrogens is 3. The van der Waals surface area contributed by atoms with E-state index < -0.39 is 5.82 Å². The Balaban J connectivity index is 2.00. The van der Waals surface area contributed by atoms with E-state index in [2.05, 4.69) is 15.3 Å². The zero-order chi connectivity index (χ0) is 18.1. The Kier molecular flexibility index (Phi) is 3.93. The Morgan fingerprint density at radius 2 is 1.85 bits per heavy atom. The molecule has 0 spiro atoms. The molecule has 2 aromatic heterocycles. The van der Waals surface area contributed by atoms with Gasteiger partial charge in [0.25, 0.3) is 5.56 Å². The van der Waals surface area contributed by atoms with Gasteiger partial charge in [-0.1, -0.05) is 24.3 Å². The molecule has 0 atom stereocenters. The molecule has 0 aliphatic rings. The number of hydrogen-bond acceptors (Lipinski definition) is 4. The first-order valence-corrected chi connectivity index (χ1v) is 8.10. The van der Waals surface area contributed by atoms with Crippen molar-refractivity contribution >= 4 is 22.7 Å². The van der Waals surface area contributed by atoms with E-state index in [0.29, 0.717) is 23.0 Å². The van der Waals surface area contributed by atoms with E-state index in [1.165, 1.54) is 22.8 Å². The minimum absolute atomic E-state index is 0.220. The minimum Gasteiger partial charge on any atom is -0.310 e. The molecular formula is C20H15FN4O. The zero-order valence-corrected chi connectivity index (χ0v) is 14.0. The number of anilines is 2. The van der Waals surface area contributed by atoms with Crippen LogP contribution in [0, 0.1) is 12.7 Å². The average molecular weight is 346 g/mol. The Labute approximate surface area is 148 Å². The number of rotatable bonds is 3. The molecule has 2 heterocycles. The third-order valence-electron chi connectivity index (χ3n) is 4.08. The Bertz CT molecular complexity index is 1160. The highest BCUT2D eigenvalue weighted by Gasteiger charge is 2.14. The number of fused-ring (bicyclic) bond motifs is 1. The highest BCUT2D eigenvalue weighted by Crippen LogP contribution is 2.21. The molecule has 4 rings (SSSR count). The second-order valence-electron chi connectivity index (χ2n) is 5.87. The lowest BCUT2D eigenvalue weighted by Gasteiger charge is -2.15. The smallest absolute Gasteiger partial charge is 0.267 e. The highest BCUT2D eigenvalue weighted by molar-refractivity contribution is 5.80. The van der Waals surface area contributed by atoms with Gasteiger partial charge in [-0.2, -0.15) is 0 Å². The minimum atomic E-state index is -0.475. The van der Waals surface area contributed by atoms with Gasteiger partial charge in [-0.05, 0) is 48.9 Å². The van der Waals surface area contributed by atoms with Crippen LogP contribution in [0.25, 0.3) is 16.6 Å². The number of aryl methyl sites for hydroxylation is 1. The molecule has 0 saturated heterocycles. The molecule has 5 nitrogen and oxygen atoms in total. The molecule has 0 saturated carbocycles. The molecule has 0 aliphatic heterocycles. The molecule has 0 aliphatic carbocycles. The van der Waals surface area contributed by atoms with E-state index in [-0.39, 0.29) is 10.9 Å². The zero-order valence-electron chi connectivity index (χ0n) is 14.0. The lowest BCUT2D eigenvalue weighted by Crippen LogP contribution is -2.23. The molecular weight excluding hydrogens is 331 g/mol. The molecule has 0 bridgehead atoms. The normalized spacial score (nSPS) is 10.8. The molecule has 26 heavy (non-hydrogen) atoms. The maximum atomic E-state index is 13.6. The Morgan fingerprint density at radius 1 is 1.04 bits per heavy atom. The summed E-state index contributed by atoms with van der Waals surface area (Å²) in [4.78, 5) is 21.9. The van der Waals surface area contributed by atoms with E-state index in [4.69, 9.17) is 0 Å². The summed E-state index contributed by atoms with van der Waals surface area (Å²) in [5, 5.41) is 3.35. The summed E-state index contributed by atoms with van der Waals surface area (Å²) in [5.41, 5.74) is 1.62. The predicted octanol–water partition coefficient (Wildman–Crippen LogP) is 3.97. The standard InChI is InChI=1S/C20H15FN4O/c1-13-6-5-11-22-18(13)24-20-23-17-10-9-14(21)12-16(17)19(26)25(20)15-7-3-2-4-8-15/h2-12H,1H3,(H,22,23,24). The van der Waals surface area contributed by atoms with Crippen molar-refractivity contribution in [2.45, 2.75) is 6.92 Å². The molecule has 0 fully saturated rings. The average Bonchev–Trinajstić information content (AvgIpc) is 2.65. The van der Waals surface area contributed by atoms with Crippen LogP contribution in [0.1, 0.15) is 5.56 Å². The summed E-state index contributed by atoms with van der Waals surface area (Å²) in [6.45, 7) is 1.91. The predicted molar refractivity (Wildman–Crippen MR) is 99.6 cm³/mol. The van der Waals surface area contributed by atoms with Crippen LogP contribution in [0.3, 0.4) is 0 Å². The van der Waals surface area contributed by atoms with Crippen LogP contribution in [0.15, 0.2) is 71.7 Å². The fraction of sp³-hybridized carbons (Fsp3) is 0.0500. The van der Waals surface area contributed by atoms with Gasteiger partial charge in [-0.25, -0.2) is 18.9 Å². The lowest BCUT2D eigenvalue weighted by molar-refractivity contribution is 0.629. The van der Waals surface area contributed by atoms with Crippen molar-refractivity contribution in [2.75, 3.05) is 5.32 Å². The topological polar surface area (TPSA) is 59.8 Å². The quantitative estimate of drug-likeness (QED) is 0.610. The van der Waals surface area contributed by atoms with Crippen molar-refractivity contribution in [3.63, 3.8) is 0 Å². The summed E-state index contributed by atoms with van der Waals surface area (Å²) in [6, 6.07) is 16.8. The third-order valence-corrected chi connectivity index (χ3v) is 4.08. The number of benzene rings is 2. The molecule has 4 aromatic rings. The van der Waals surface area contributed by atoms with Gasteiger partial charge in [0.2, 0.25) is 5.95 Å². The van der Waals surface area contributed by atoms with Gasteiger partial charge in [-0.3, -0.25) is 4.79 Å². The molecule has 128 valence electrons. The summed E-state index contributed by atoms with van der Waals surface area (Å²) in [6.07, 6.45) is 1.66. The van der Waals surface area contributed by atoms with Crippen molar-refractivity contribution in [3.8, 4) is 5.69 Å². The molecule has 0 amide bonds. The van der Waals surface area contributed by atoms with Crippen LogP contribution in [0.5, 0.6) is 0 Å². The van der Waals surface area contributed by atoms with E-state index in [0.717, 1.165) is 5.56 Å². The SMILES string of the molecule is Cc1cccnc1Nc1nc2ccc(F)cc2c(=O)n1-c1ccccc1. The van der Waals surface area contributed by atoms with E-state index >= 15 is 0 Å². The van der Waals surface area contributed by atoms with Crippen molar-refractivity contribution in [2.24, 2.45) is 0 Å². The van der Waals surface area contributed by atoms with Crippen molar-refractivity contribution in [3.05, 3.63) is 88.6 Å².